The van der Waals surface area contributed by atoms with Gasteiger partial charge in [-0.05, 0) is 51.6 Å². The van der Waals surface area contributed by atoms with Gasteiger partial charge in [0.05, 0.1) is 12.2 Å². The molecule has 0 spiro atoms. The van der Waals surface area contributed by atoms with Gasteiger partial charge in [0.1, 0.15) is 4.88 Å². The Labute approximate surface area is 134 Å². The monoisotopic (exact) mass is 335 g/mol. The van der Waals surface area contributed by atoms with Gasteiger partial charge in [-0.2, -0.15) is 11.3 Å². The number of aromatic nitrogens is 2. The van der Waals surface area contributed by atoms with Crippen LogP contribution in [0, 0.1) is 0 Å². The lowest BCUT2D eigenvalue weighted by Crippen LogP contribution is -2.28. The highest BCUT2D eigenvalue weighted by molar-refractivity contribution is 7.08. The average Bonchev–Trinajstić information content (AvgIpc) is 3.19. The Bertz CT molecular complexity index is 711. The van der Waals surface area contributed by atoms with E-state index in [2.05, 4.69) is 14.9 Å². The first-order chi connectivity index (χ1) is 10.2. The molecule has 0 aliphatic heterocycles. The molecule has 3 rings (SSSR count). The Morgan fingerprint density at radius 3 is 2.62 bits per heavy atom. The van der Waals surface area contributed by atoms with Gasteiger partial charge in [0.15, 0.2) is 0 Å². The summed E-state index contributed by atoms with van der Waals surface area (Å²) in [4.78, 5) is 12.7. The minimum atomic E-state index is -0.219. The molecule has 21 heavy (non-hydrogen) atoms. The predicted octanol–water partition coefficient (Wildman–Crippen LogP) is 3.77. The molecule has 0 aliphatic carbocycles. The van der Waals surface area contributed by atoms with Gasteiger partial charge >= 0.3 is 0 Å². The number of rotatable bonds is 4. The van der Waals surface area contributed by atoms with E-state index in [1.54, 1.807) is 11.3 Å². The minimum absolute atomic E-state index is 0.184. The Hall–Kier alpha value is -1.76. The van der Waals surface area contributed by atoms with E-state index in [9.17, 15) is 4.79 Å². The van der Waals surface area contributed by atoms with Crippen LogP contribution in [0.2, 0.25) is 5.02 Å². The van der Waals surface area contributed by atoms with Gasteiger partial charge in [-0.25, -0.2) is 0 Å². The summed E-state index contributed by atoms with van der Waals surface area (Å²) in [5.41, 5.74) is 2.01. The molecule has 2 aromatic heterocycles. The Kier molecular flexibility index (Phi) is 4.28. The van der Waals surface area contributed by atoms with Crippen LogP contribution < -0.4 is 5.32 Å². The fourth-order valence-electron chi connectivity index (χ4n) is 1.92. The normalized spacial score (nSPS) is 12.0. The first-order valence-corrected chi connectivity index (χ1v) is 8.19. The lowest BCUT2D eigenvalue weighted by molar-refractivity contribution is 0.0947. The van der Waals surface area contributed by atoms with Crippen LogP contribution in [-0.2, 0) is 0 Å². The molecule has 1 unspecified atom stereocenters. The zero-order chi connectivity index (χ0) is 14.7. The van der Waals surface area contributed by atoms with E-state index in [-0.39, 0.29) is 11.9 Å². The summed E-state index contributed by atoms with van der Waals surface area (Å²) in [6.07, 6.45) is 1.46. The number of hydrogen-bond donors (Lipinski definition) is 1. The zero-order valence-corrected chi connectivity index (χ0v) is 13.1. The standard InChI is InChI=1S/C14H10ClN3OS2/c15-11-3-1-9(2-4-11)13(10-5-6-20-8-10)17-14(19)12-7-16-18-21-12/h1-8,13H,(H,17,19). The molecule has 0 bridgehead atoms. The molecule has 0 saturated heterocycles. The second-order valence-electron chi connectivity index (χ2n) is 4.30. The summed E-state index contributed by atoms with van der Waals surface area (Å²) in [5, 5.41) is 11.4. The van der Waals surface area contributed by atoms with E-state index >= 15 is 0 Å². The molecule has 1 atom stereocenters. The molecule has 7 heteroatoms. The molecular formula is C14H10ClN3OS2. The fraction of sp³-hybridized carbons (Fsp3) is 0.0714. The Balaban J connectivity index is 1.90. The van der Waals surface area contributed by atoms with Gasteiger partial charge in [-0.3, -0.25) is 4.79 Å². The summed E-state index contributed by atoms with van der Waals surface area (Å²) < 4.78 is 3.71. The lowest BCUT2D eigenvalue weighted by atomic mass is 10.0. The number of benzene rings is 1. The number of thiophene rings is 1. The van der Waals surface area contributed by atoms with Gasteiger partial charge in [-0.1, -0.05) is 28.2 Å². The van der Waals surface area contributed by atoms with Crippen molar-refractivity contribution in [1.29, 1.82) is 0 Å². The molecule has 0 aliphatic rings. The zero-order valence-electron chi connectivity index (χ0n) is 10.7. The van der Waals surface area contributed by atoms with Crippen molar-refractivity contribution in [2.75, 3.05) is 0 Å². The van der Waals surface area contributed by atoms with Crippen molar-refractivity contribution in [2.45, 2.75) is 6.04 Å². The fourth-order valence-corrected chi connectivity index (χ4v) is 3.15. The summed E-state index contributed by atoms with van der Waals surface area (Å²) in [6.45, 7) is 0. The summed E-state index contributed by atoms with van der Waals surface area (Å²) in [7, 11) is 0. The summed E-state index contributed by atoms with van der Waals surface area (Å²) >= 11 is 8.60. The molecular weight excluding hydrogens is 326 g/mol. The lowest BCUT2D eigenvalue weighted by Gasteiger charge is -2.18. The molecule has 1 aromatic carbocycles. The van der Waals surface area contributed by atoms with Gasteiger partial charge in [0.25, 0.3) is 5.91 Å². The minimum Gasteiger partial charge on any atom is -0.340 e. The molecule has 0 fully saturated rings. The van der Waals surface area contributed by atoms with E-state index in [1.165, 1.54) is 6.20 Å². The second-order valence-corrected chi connectivity index (χ2v) is 6.30. The maximum Gasteiger partial charge on any atom is 0.265 e. The third-order valence-electron chi connectivity index (χ3n) is 2.94. The number of nitrogens with one attached hydrogen (secondary N) is 1. The van der Waals surface area contributed by atoms with E-state index in [0.29, 0.717) is 9.90 Å². The van der Waals surface area contributed by atoms with Crippen LogP contribution in [0.5, 0.6) is 0 Å². The molecule has 4 nitrogen and oxygen atoms in total. The van der Waals surface area contributed by atoms with Crippen LogP contribution in [0.1, 0.15) is 26.8 Å². The molecule has 1 amide bonds. The first-order valence-electron chi connectivity index (χ1n) is 6.10. The van der Waals surface area contributed by atoms with Gasteiger partial charge in [-0.15, -0.1) is 5.10 Å². The quantitative estimate of drug-likeness (QED) is 0.789. The van der Waals surface area contributed by atoms with E-state index in [1.807, 2.05) is 41.1 Å². The number of carbonyl (C=O) groups is 1. The highest BCUT2D eigenvalue weighted by atomic mass is 35.5. The van der Waals surface area contributed by atoms with Crippen LogP contribution in [0.3, 0.4) is 0 Å². The molecule has 0 saturated carbocycles. The van der Waals surface area contributed by atoms with Crippen molar-refractivity contribution in [3.8, 4) is 0 Å². The van der Waals surface area contributed by atoms with Crippen molar-refractivity contribution in [1.82, 2.24) is 14.9 Å². The van der Waals surface area contributed by atoms with E-state index < -0.39 is 0 Å². The number of halogens is 1. The highest BCUT2D eigenvalue weighted by Crippen LogP contribution is 2.26. The van der Waals surface area contributed by atoms with Gasteiger partial charge < -0.3 is 5.32 Å². The Morgan fingerprint density at radius 2 is 2.00 bits per heavy atom. The second kappa shape index (κ2) is 6.34. The topological polar surface area (TPSA) is 54.9 Å². The molecule has 2 heterocycles. The third kappa shape index (κ3) is 3.29. The molecule has 3 aromatic rings. The van der Waals surface area contributed by atoms with Gasteiger partial charge in [0.2, 0.25) is 0 Å². The summed E-state index contributed by atoms with van der Waals surface area (Å²) in [5.74, 6) is -0.184. The van der Waals surface area contributed by atoms with Crippen molar-refractivity contribution < 1.29 is 4.79 Å². The SMILES string of the molecule is O=C(NC(c1ccc(Cl)cc1)c1ccsc1)c1cnns1. The van der Waals surface area contributed by atoms with E-state index in [4.69, 9.17) is 11.6 Å². The van der Waals surface area contributed by atoms with Crippen LogP contribution in [0.25, 0.3) is 0 Å². The molecule has 106 valence electrons. The number of amides is 1. The van der Waals surface area contributed by atoms with Gasteiger partial charge in [0, 0.05) is 5.02 Å². The Morgan fingerprint density at radius 1 is 1.19 bits per heavy atom. The largest absolute Gasteiger partial charge is 0.340 e. The van der Waals surface area contributed by atoms with Crippen molar-refractivity contribution in [3.05, 3.63) is 68.3 Å². The molecule has 0 radical (unpaired) electrons. The van der Waals surface area contributed by atoms with Crippen LogP contribution in [-0.4, -0.2) is 15.5 Å². The van der Waals surface area contributed by atoms with Crippen molar-refractivity contribution >= 4 is 40.4 Å². The molecule has 1 N–H and O–H groups in total. The third-order valence-corrected chi connectivity index (χ3v) is 4.56. The number of hydrogen-bond acceptors (Lipinski definition) is 5. The van der Waals surface area contributed by atoms with E-state index in [0.717, 1.165) is 22.7 Å². The van der Waals surface area contributed by atoms with Crippen molar-refractivity contribution in [2.24, 2.45) is 0 Å². The number of carbonyl (C=O) groups excluding carboxylic acids is 1. The smallest absolute Gasteiger partial charge is 0.265 e. The maximum absolute atomic E-state index is 12.2. The average molecular weight is 336 g/mol. The van der Waals surface area contributed by atoms with Crippen LogP contribution in [0.4, 0.5) is 0 Å². The predicted molar refractivity (Wildman–Crippen MR) is 85.0 cm³/mol. The van der Waals surface area contributed by atoms with Crippen LogP contribution in [0.15, 0.2) is 47.3 Å². The summed E-state index contributed by atoms with van der Waals surface area (Å²) in [6, 6.07) is 9.23. The highest BCUT2D eigenvalue weighted by Gasteiger charge is 2.19. The number of nitrogens with zero attached hydrogens (tertiary/aromatic N) is 2. The first kappa shape index (κ1) is 14.2. The van der Waals surface area contributed by atoms with Crippen LogP contribution >= 0.6 is 34.5 Å². The maximum atomic E-state index is 12.2. The van der Waals surface area contributed by atoms with Crippen molar-refractivity contribution in [3.63, 3.8) is 0 Å².